The zero-order chi connectivity index (χ0) is 11.7. The van der Waals surface area contributed by atoms with E-state index < -0.39 is 11.9 Å². The lowest BCUT2D eigenvalue weighted by Crippen LogP contribution is -1.98. The number of hydrogen-bond acceptors (Lipinski definition) is 2. The minimum absolute atomic E-state index is 0.224. The molecular formula is C11H18O4. The highest BCUT2D eigenvalue weighted by molar-refractivity contribution is 5.85. The molecule has 0 spiro atoms. The van der Waals surface area contributed by atoms with E-state index in [1.165, 1.54) is 0 Å². The first-order chi connectivity index (χ1) is 7.04. The van der Waals surface area contributed by atoms with E-state index in [0.29, 0.717) is 12.8 Å². The van der Waals surface area contributed by atoms with Gasteiger partial charge in [0.05, 0.1) is 0 Å². The van der Waals surface area contributed by atoms with Gasteiger partial charge in [0.2, 0.25) is 0 Å². The summed E-state index contributed by atoms with van der Waals surface area (Å²) in [6.07, 6.45) is 5.06. The first kappa shape index (κ1) is 13.7. The number of carboxylic acid groups (broad SMARTS) is 2. The van der Waals surface area contributed by atoms with E-state index in [0.717, 1.165) is 25.7 Å². The molecular weight excluding hydrogens is 196 g/mol. The largest absolute Gasteiger partial charge is 0.481 e. The Morgan fingerprint density at radius 1 is 0.867 bits per heavy atom. The second-order valence-corrected chi connectivity index (χ2v) is 3.57. The summed E-state index contributed by atoms with van der Waals surface area (Å²) < 4.78 is 0. The van der Waals surface area contributed by atoms with Gasteiger partial charge in [-0.3, -0.25) is 4.79 Å². The van der Waals surface area contributed by atoms with Crippen molar-refractivity contribution in [2.45, 2.75) is 44.9 Å². The van der Waals surface area contributed by atoms with Crippen molar-refractivity contribution >= 4 is 11.9 Å². The van der Waals surface area contributed by atoms with Crippen LogP contribution in [0.5, 0.6) is 0 Å². The molecule has 0 aliphatic carbocycles. The third-order valence-electron chi connectivity index (χ3n) is 2.17. The van der Waals surface area contributed by atoms with Gasteiger partial charge in [-0.05, 0) is 19.3 Å². The van der Waals surface area contributed by atoms with Gasteiger partial charge in [-0.2, -0.15) is 0 Å². The van der Waals surface area contributed by atoms with E-state index >= 15 is 0 Å². The topological polar surface area (TPSA) is 74.6 Å². The first-order valence-electron chi connectivity index (χ1n) is 5.17. The summed E-state index contributed by atoms with van der Waals surface area (Å²) in [5, 5.41) is 16.9. The molecule has 0 saturated heterocycles. The highest BCUT2D eigenvalue weighted by Gasteiger charge is 2.02. The van der Waals surface area contributed by atoms with Crippen molar-refractivity contribution in [1.82, 2.24) is 0 Å². The summed E-state index contributed by atoms with van der Waals surface area (Å²) in [7, 11) is 0. The van der Waals surface area contributed by atoms with E-state index in [1.807, 2.05) is 0 Å². The van der Waals surface area contributed by atoms with Crippen molar-refractivity contribution in [3.8, 4) is 0 Å². The second kappa shape index (κ2) is 8.03. The number of carboxylic acids is 2. The second-order valence-electron chi connectivity index (χ2n) is 3.57. The molecule has 0 bridgehead atoms. The summed E-state index contributed by atoms with van der Waals surface area (Å²) in [6, 6.07) is 0. The van der Waals surface area contributed by atoms with Gasteiger partial charge in [0.25, 0.3) is 0 Å². The summed E-state index contributed by atoms with van der Waals surface area (Å²) in [5.74, 6) is -1.69. The maximum Gasteiger partial charge on any atom is 0.330 e. The quantitative estimate of drug-likeness (QED) is 0.456. The lowest BCUT2D eigenvalue weighted by molar-refractivity contribution is -0.137. The monoisotopic (exact) mass is 214 g/mol. The zero-order valence-electron chi connectivity index (χ0n) is 8.87. The number of hydrogen-bond donors (Lipinski definition) is 2. The van der Waals surface area contributed by atoms with Gasteiger partial charge in [0, 0.05) is 12.0 Å². The van der Waals surface area contributed by atoms with E-state index in [4.69, 9.17) is 10.2 Å². The standard InChI is InChI=1S/C11H18O4/c1-9(11(14)15)7-5-3-2-4-6-8-10(12)13/h1-8H2,(H,12,13)(H,14,15). The van der Waals surface area contributed by atoms with Crippen LogP contribution in [0, 0.1) is 0 Å². The van der Waals surface area contributed by atoms with Crippen molar-refractivity contribution in [2.24, 2.45) is 0 Å². The minimum Gasteiger partial charge on any atom is -0.481 e. The third kappa shape index (κ3) is 9.00. The molecule has 0 aromatic carbocycles. The zero-order valence-corrected chi connectivity index (χ0v) is 8.87. The Hall–Kier alpha value is -1.32. The van der Waals surface area contributed by atoms with Crippen LogP contribution in [-0.2, 0) is 9.59 Å². The fraction of sp³-hybridized carbons (Fsp3) is 0.636. The van der Waals surface area contributed by atoms with E-state index in [2.05, 4.69) is 6.58 Å². The molecule has 0 aromatic heterocycles. The minimum atomic E-state index is -0.930. The van der Waals surface area contributed by atoms with Gasteiger partial charge in [0.15, 0.2) is 0 Å². The van der Waals surface area contributed by atoms with Gasteiger partial charge in [-0.25, -0.2) is 4.79 Å². The lowest BCUT2D eigenvalue weighted by atomic mass is 10.1. The van der Waals surface area contributed by atoms with Crippen molar-refractivity contribution in [2.75, 3.05) is 0 Å². The van der Waals surface area contributed by atoms with Crippen molar-refractivity contribution in [3.05, 3.63) is 12.2 Å². The van der Waals surface area contributed by atoms with Crippen LogP contribution in [0.2, 0.25) is 0 Å². The van der Waals surface area contributed by atoms with E-state index in [9.17, 15) is 9.59 Å². The van der Waals surface area contributed by atoms with Crippen LogP contribution in [0.4, 0.5) is 0 Å². The van der Waals surface area contributed by atoms with Crippen molar-refractivity contribution in [3.63, 3.8) is 0 Å². The van der Waals surface area contributed by atoms with Gasteiger partial charge in [-0.15, -0.1) is 0 Å². The summed E-state index contributed by atoms with van der Waals surface area (Å²) in [6.45, 7) is 3.43. The maximum absolute atomic E-state index is 10.4. The Kier molecular flexibility index (Phi) is 7.32. The molecule has 0 aromatic rings. The predicted molar refractivity (Wildman–Crippen MR) is 56.7 cm³/mol. The van der Waals surface area contributed by atoms with Crippen LogP contribution in [0.1, 0.15) is 44.9 Å². The summed E-state index contributed by atoms with van der Waals surface area (Å²) in [4.78, 5) is 20.6. The van der Waals surface area contributed by atoms with Crippen molar-refractivity contribution < 1.29 is 19.8 Å². The van der Waals surface area contributed by atoms with Gasteiger partial charge >= 0.3 is 11.9 Å². The number of aliphatic carboxylic acids is 2. The molecule has 0 saturated carbocycles. The Labute approximate surface area is 89.6 Å². The average molecular weight is 214 g/mol. The Morgan fingerprint density at radius 3 is 1.80 bits per heavy atom. The Balaban J connectivity index is 3.22. The number of carbonyl (C=O) groups is 2. The number of rotatable bonds is 9. The lowest BCUT2D eigenvalue weighted by Gasteiger charge is -2.00. The van der Waals surface area contributed by atoms with Crippen molar-refractivity contribution in [1.29, 1.82) is 0 Å². The molecule has 2 N–H and O–H groups in total. The Morgan fingerprint density at radius 2 is 1.33 bits per heavy atom. The molecule has 86 valence electrons. The smallest absolute Gasteiger partial charge is 0.330 e. The molecule has 4 nitrogen and oxygen atoms in total. The van der Waals surface area contributed by atoms with E-state index in [1.54, 1.807) is 0 Å². The van der Waals surface area contributed by atoms with Crippen LogP contribution >= 0.6 is 0 Å². The molecule has 4 heteroatoms. The van der Waals surface area contributed by atoms with Crippen LogP contribution in [0.15, 0.2) is 12.2 Å². The number of unbranched alkanes of at least 4 members (excludes halogenated alkanes) is 4. The molecule has 0 unspecified atom stereocenters. The molecule has 0 atom stereocenters. The van der Waals surface area contributed by atoms with Gasteiger partial charge in [0.1, 0.15) is 0 Å². The molecule has 0 heterocycles. The summed E-state index contributed by atoms with van der Waals surface area (Å²) in [5.41, 5.74) is 0.250. The fourth-order valence-corrected chi connectivity index (χ4v) is 1.25. The van der Waals surface area contributed by atoms with Crippen LogP contribution in [-0.4, -0.2) is 22.2 Å². The molecule has 0 aliphatic rings. The van der Waals surface area contributed by atoms with Gasteiger partial charge in [-0.1, -0.05) is 25.8 Å². The molecule has 0 amide bonds. The fourth-order valence-electron chi connectivity index (χ4n) is 1.25. The molecule has 0 aliphatic heterocycles. The highest BCUT2D eigenvalue weighted by Crippen LogP contribution is 2.10. The average Bonchev–Trinajstić information content (AvgIpc) is 2.15. The van der Waals surface area contributed by atoms with Gasteiger partial charge < -0.3 is 10.2 Å². The molecule has 0 radical (unpaired) electrons. The highest BCUT2D eigenvalue weighted by atomic mass is 16.4. The third-order valence-corrected chi connectivity index (χ3v) is 2.17. The Bertz CT molecular complexity index is 233. The first-order valence-corrected chi connectivity index (χ1v) is 5.17. The predicted octanol–water partition coefficient (Wildman–Crippen LogP) is 2.44. The summed E-state index contributed by atoms with van der Waals surface area (Å²) >= 11 is 0. The van der Waals surface area contributed by atoms with Crippen LogP contribution in [0.3, 0.4) is 0 Å². The molecule has 0 rings (SSSR count). The molecule has 15 heavy (non-hydrogen) atoms. The normalized spacial score (nSPS) is 9.87. The SMILES string of the molecule is C=C(CCCCCCCC(=O)O)C(=O)O. The molecule has 0 fully saturated rings. The van der Waals surface area contributed by atoms with E-state index in [-0.39, 0.29) is 12.0 Å². The van der Waals surface area contributed by atoms with Crippen LogP contribution < -0.4 is 0 Å². The maximum atomic E-state index is 10.4. The van der Waals surface area contributed by atoms with Crippen LogP contribution in [0.25, 0.3) is 0 Å².